The smallest absolute Gasteiger partial charge is 0.344 e. The van der Waals surface area contributed by atoms with E-state index in [0.717, 1.165) is 11.1 Å². The number of rotatable bonds is 4. The maximum atomic E-state index is 12.6. The van der Waals surface area contributed by atoms with Crippen molar-refractivity contribution in [1.29, 1.82) is 0 Å². The highest BCUT2D eigenvalue weighted by Crippen LogP contribution is 2.48. The number of hydrogen-bond donors (Lipinski definition) is 0. The van der Waals surface area contributed by atoms with Crippen LogP contribution < -0.4 is 19.8 Å². The van der Waals surface area contributed by atoms with Gasteiger partial charge in [-0.15, -0.1) is 0 Å². The van der Waals surface area contributed by atoms with Crippen molar-refractivity contribution in [1.82, 2.24) is 0 Å². The summed E-state index contributed by atoms with van der Waals surface area (Å²) in [6, 6.07) is 9.41. The Morgan fingerprint density at radius 1 is 0.920 bits per heavy atom. The predicted molar refractivity (Wildman–Crippen MR) is 100 cm³/mol. The summed E-state index contributed by atoms with van der Waals surface area (Å²) in [5.74, 6) is 1.24. The zero-order chi connectivity index (χ0) is 18.1. The van der Waals surface area contributed by atoms with Crippen LogP contribution in [0.1, 0.15) is 5.56 Å². The second kappa shape index (κ2) is 6.80. The average Bonchev–Trinajstić information content (AvgIpc) is 2.61. The molecular weight excluding hydrogens is 388 g/mol. The zero-order valence-electron chi connectivity index (χ0n) is 14.3. The minimum Gasteiger partial charge on any atom is -0.495 e. The topological polar surface area (TPSA) is 57.9 Å². The Labute approximate surface area is 153 Å². The van der Waals surface area contributed by atoms with Crippen LogP contribution >= 0.6 is 15.9 Å². The molecule has 0 saturated heterocycles. The number of ether oxygens (including phenoxy) is 3. The van der Waals surface area contributed by atoms with Gasteiger partial charge < -0.3 is 18.6 Å². The van der Waals surface area contributed by atoms with Gasteiger partial charge in [0.05, 0.1) is 32.3 Å². The predicted octanol–water partition coefficient (Wildman–Crippen LogP) is 4.56. The maximum absolute atomic E-state index is 12.6. The van der Waals surface area contributed by atoms with E-state index in [4.69, 9.17) is 18.6 Å². The van der Waals surface area contributed by atoms with Gasteiger partial charge in [0, 0.05) is 0 Å². The molecule has 0 unspecified atom stereocenters. The van der Waals surface area contributed by atoms with Crippen LogP contribution in [0.15, 0.2) is 44.0 Å². The van der Waals surface area contributed by atoms with Crippen LogP contribution in [0.5, 0.6) is 17.2 Å². The molecule has 0 aliphatic rings. The van der Waals surface area contributed by atoms with E-state index in [1.807, 2.05) is 31.2 Å². The molecule has 25 heavy (non-hydrogen) atoms. The van der Waals surface area contributed by atoms with Crippen molar-refractivity contribution in [3.63, 3.8) is 0 Å². The standard InChI is InChI=1S/C19H17BrO5/c1-10-5-7-11(8-6-10)12-9-13-15(22-2)14(20)17(23-3)18(24-4)16(13)25-19(12)21/h5-9H,1-4H3. The summed E-state index contributed by atoms with van der Waals surface area (Å²) in [6.45, 7) is 1.99. The first-order valence-electron chi connectivity index (χ1n) is 7.54. The van der Waals surface area contributed by atoms with E-state index >= 15 is 0 Å². The van der Waals surface area contributed by atoms with E-state index in [1.54, 1.807) is 13.2 Å². The van der Waals surface area contributed by atoms with Gasteiger partial charge >= 0.3 is 5.63 Å². The molecule has 3 rings (SSSR count). The van der Waals surface area contributed by atoms with Gasteiger partial charge in [-0.25, -0.2) is 4.79 Å². The van der Waals surface area contributed by atoms with Crippen LogP contribution in [0.2, 0.25) is 0 Å². The van der Waals surface area contributed by atoms with Gasteiger partial charge in [-0.3, -0.25) is 0 Å². The Bertz CT molecular complexity index is 990. The molecule has 0 amide bonds. The number of halogens is 1. The van der Waals surface area contributed by atoms with Crippen LogP contribution in [-0.2, 0) is 0 Å². The molecule has 0 spiro atoms. The fourth-order valence-corrected chi connectivity index (χ4v) is 3.45. The molecule has 0 bridgehead atoms. The molecule has 3 aromatic rings. The Morgan fingerprint density at radius 2 is 1.52 bits per heavy atom. The van der Waals surface area contributed by atoms with E-state index in [2.05, 4.69) is 15.9 Å². The van der Waals surface area contributed by atoms with Crippen molar-refractivity contribution >= 4 is 26.9 Å². The summed E-state index contributed by atoms with van der Waals surface area (Å²) in [4.78, 5) is 12.6. The van der Waals surface area contributed by atoms with Crippen LogP contribution in [0.4, 0.5) is 0 Å². The summed E-state index contributed by atoms with van der Waals surface area (Å²) in [7, 11) is 4.54. The molecule has 6 heteroatoms. The van der Waals surface area contributed by atoms with Gasteiger partial charge in [0.1, 0.15) is 10.2 Å². The minimum atomic E-state index is -0.457. The lowest BCUT2D eigenvalue weighted by atomic mass is 10.0. The first kappa shape index (κ1) is 17.4. The van der Waals surface area contributed by atoms with Crippen molar-refractivity contribution in [2.45, 2.75) is 6.92 Å². The van der Waals surface area contributed by atoms with Crippen molar-refractivity contribution in [2.24, 2.45) is 0 Å². The summed E-state index contributed by atoms with van der Waals surface area (Å²) >= 11 is 3.47. The lowest BCUT2D eigenvalue weighted by Crippen LogP contribution is -2.05. The maximum Gasteiger partial charge on any atom is 0.344 e. The summed E-state index contributed by atoms with van der Waals surface area (Å²) in [6.07, 6.45) is 0. The number of fused-ring (bicyclic) bond motifs is 1. The second-order valence-electron chi connectivity index (χ2n) is 5.47. The van der Waals surface area contributed by atoms with Crippen LogP contribution in [0.3, 0.4) is 0 Å². The third kappa shape index (κ3) is 2.87. The van der Waals surface area contributed by atoms with Gasteiger partial charge in [-0.05, 0) is 34.5 Å². The number of hydrogen-bond acceptors (Lipinski definition) is 5. The Kier molecular flexibility index (Phi) is 4.72. The van der Waals surface area contributed by atoms with Gasteiger partial charge in [-0.1, -0.05) is 29.8 Å². The lowest BCUT2D eigenvalue weighted by Gasteiger charge is -2.16. The first-order chi connectivity index (χ1) is 12.0. The molecule has 1 heterocycles. The molecule has 0 atom stereocenters. The molecular formula is C19H17BrO5. The monoisotopic (exact) mass is 404 g/mol. The summed E-state index contributed by atoms with van der Waals surface area (Å²) < 4.78 is 22.4. The highest BCUT2D eigenvalue weighted by atomic mass is 79.9. The van der Waals surface area contributed by atoms with Gasteiger partial charge in [0.2, 0.25) is 5.75 Å². The van der Waals surface area contributed by atoms with E-state index < -0.39 is 5.63 Å². The molecule has 2 aromatic carbocycles. The van der Waals surface area contributed by atoms with Crippen molar-refractivity contribution in [3.05, 3.63) is 50.8 Å². The van der Waals surface area contributed by atoms with Crippen molar-refractivity contribution < 1.29 is 18.6 Å². The average molecular weight is 405 g/mol. The van der Waals surface area contributed by atoms with E-state index in [9.17, 15) is 4.79 Å². The highest BCUT2D eigenvalue weighted by Gasteiger charge is 2.24. The first-order valence-corrected chi connectivity index (χ1v) is 8.33. The normalized spacial score (nSPS) is 10.8. The van der Waals surface area contributed by atoms with Gasteiger partial charge in [-0.2, -0.15) is 0 Å². The number of aryl methyl sites for hydroxylation is 1. The summed E-state index contributed by atoms with van der Waals surface area (Å²) in [5.41, 5.74) is 2.15. The van der Waals surface area contributed by atoms with Crippen LogP contribution in [0.25, 0.3) is 22.1 Å². The van der Waals surface area contributed by atoms with E-state index in [0.29, 0.717) is 32.7 Å². The van der Waals surface area contributed by atoms with Crippen molar-refractivity contribution in [3.8, 4) is 28.4 Å². The Balaban J connectivity index is 2.40. The highest BCUT2D eigenvalue weighted by molar-refractivity contribution is 9.10. The largest absolute Gasteiger partial charge is 0.495 e. The molecule has 0 fully saturated rings. The number of benzene rings is 2. The molecule has 0 saturated carbocycles. The molecule has 0 aliphatic carbocycles. The van der Waals surface area contributed by atoms with Gasteiger partial charge in [0.25, 0.3) is 0 Å². The molecule has 0 aliphatic heterocycles. The molecule has 5 nitrogen and oxygen atoms in total. The van der Waals surface area contributed by atoms with Crippen LogP contribution in [0, 0.1) is 6.92 Å². The zero-order valence-corrected chi connectivity index (χ0v) is 15.9. The molecule has 1 aromatic heterocycles. The lowest BCUT2D eigenvalue weighted by molar-refractivity contribution is 0.344. The van der Waals surface area contributed by atoms with E-state index in [1.165, 1.54) is 14.2 Å². The Hall–Kier alpha value is -2.47. The minimum absolute atomic E-state index is 0.278. The Morgan fingerprint density at radius 3 is 2.08 bits per heavy atom. The molecule has 0 N–H and O–H groups in total. The molecule has 130 valence electrons. The summed E-state index contributed by atoms with van der Waals surface area (Å²) in [5, 5.41) is 0.613. The molecule has 0 radical (unpaired) electrons. The third-order valence-corrected chi connectivity index (χ3v) is 4.70. The SMILES string of the molecule is COc1c(Br)c(OC)c2cc(-c3ccc(C)cc3)c(=O)oc2c1OC. The van der Waals surface area contributed by atoms with E-state index in [-0.39, 0.29) is 5.58 Å². The third-order valence-electron chi connectivity index (χ3n) is 3.98. The van der Waals surface area contributed by atoms with Crippen molar-refractivity contribution in [2.75, 3.05) is 21.3 Å². The van der Waals surface area contributed by atoms with Gasteiger partial charge in [0.15, 0.2) is 11.3 Å². The number of methoxy groups -OCH3 is 3. The second-order valence-corrected chi connectivity index (χ2v) is 6.26. The fraction of sp³-hybridized carbons (Fsp3) is 0.211. The fourth-order valence-electron chi connectivity index (χ4n) is 2.73. The van der Waals surface area contributed by atoms with Crippen LogP contribution in [-0.4, -0.2) is 21.3 Å². The quantitative estimate of drug-likeness (QED) is 0.596.